The van der Waals surface area contributed by atoms with Crippen LogP contribution in [0, 0.1) is 6.92 Å². The van der Waals surface area contributed by atoms with Crippen LogP contribution in [0.2, 0.25) is 5.02 Å². The van der Waals surface area contributed by atoms with E-state index in [0.717, 1.165) is 12.8 Å². The summed E-state index contributed by atoms with van der Waals surface area (Å²) in [4.78, 5) is 34.0. The number of carbonyl (C=O) groups excluding carboxylic acids is 1. The fourth-order valence-electron chi connectivity index (χ4n) is 3.58. The molecular weight excluding hydrogens is 390 g/mol. The van der Waals surface area contributed by atoms with Crippen LogP contribution in [0.5, 0.6) is 0 Å². The molecule has 0 saturated carbocycles. The van der Waals surface area contributed by atoms with Gasteiger partial charge in [0.15, 0.2) is 0 Å². The van der Waals surface area contributed by atoms with Crippen LogP contribution in [0.1, 0.15) is 76.1 Å². The van der Waals surface area contributed by atoms with E-state index in [4.69, 9.17) is 11.6 Å². The van der Waals surface area contributed by atoms with Crippen LogP contribution in [-0.2, 0) is 5.66 Å². The number of halogens is 1. The summed E-state index contributed by atoms with van der Waals surface area (Å²) in [5.74, 6) is 0.782. The summed E-state index contributed by atoms with van der Waals surface area (Å²) in [6, 6.07) is 3.16. The maximum Gasteiger partial charge on any atom is 0.276 e. The van der Waals surface area contributed by atoms with Crippen molar-refractivity contribution in [1.82, 2.24) is 19.9 Å². The summed E-state index contributed by atoms with van der Waals surface area (Å²) >= 11 is 6.37. The Bertz CT molecular complexity index is 920. The minimum Gasteiger partial charge on any atom is -0.336 e. The second-order valence-corrected chi connectivity index (χ2v) is 7.61. The Kier molecular flexibility index (Phi) is 7.79. The lowest BCUT2D eigenvalue weighted by atomic mass is 9.98. The highest BCUT2D eigenvalue weighted by Crippen LogP contribution is 2.34. The number of aryl methyl sites for hydroxylation is 1. The molecule has 2 aromatic rings. The van der Waals surface area contributed by atoms with Gasteiger partial charge in [0.05, 0.1) is 5.02 Å². The van der Waals surface area contributed by atoms with Gasteiger partial charge in [-0.1, -0.05) is 58.6 Å². The second kappa shape index (κ2) is 9.87. The molecule has 3 rings (SSSR count). The highest BCUT2D eigenvalue weighted by Gasteiger charge is 2.43. The zero-order chi connectivity index (χ0) is 21.6. The molecule has 3 heterocycles. The molecule has 0 spiro atoms. The van der Waals surface area contributed by atoms with Crippen LogP contribution in [0.3, 0.4) is 0 Å². The van der Waals surface area contributed by atoms with Gasteiger partial charge in [0.2, 0.25) is 0 Å². The molecule has 0 unspecified atom stereocenters. The first-order valence-electron chi connectivity index (χ1n) is 10.2. The summed E-state index contributed by atoms with van der Waals surface area (Å²) in [6.07, 6.45) is 5.83. The molecule has 1 amide bonds. The number of nitrogens with one attached hydrogen (secondary N) is 2. The normalized spacial score (nSPS) is 13.9. The van der Waals surface area contributed by atoms with Crippen molar-refractivity contribution in [2.45, 2.75) is 72.4 Å². The molecule has 1 aliphatic rings. The summed E-state index contributed by atoms with van der Waals surface area (Å²) in [5, 5.41) is 6.26. The Balaban J connectivity index is 0.000000941. The number of anilines is 2. The maximum absolute atomic E-state index is 13.2. The molecule has 29 heavy (non-hydrogen) atoms. The largest absolute Gasteiger partial charge is 0.336 e. The number of nitrogens with zero attached hydrogens (tertiary/aromatic N) is 3. The fraction of sp³-hybridized carbons (Fsp3) is 0.524. The lowest BCUT2D eigenvalue weighted by Crippen LogP contribution is -2.47. The number of hydrogen-bond donors (Lipinski definition) is 2. The molecular formula is C21H30ClN5O2. The number of carbonyl (C=O) groups is 1. The van der Waals surface area contributed by atoms with E-state index in [1.165, 1.54) is 17.1 Å². The van der Waals surface area contributed by atoms with Gasteiger partial charge >= 0.3 is 0 Å². The first-order valence-corrected chi connectivity index (χ1v) is 10.6. The van der Waals surface area contributed by atoms with Gasteiger partial charge in [0, 0.05) is 6.20 Å². The molecule has 0 atom stereocenters. The first kappa shape index (κ1) is 22.9. The predicted octanol–water partition coefficient (Wildman–Crippen LogP) is 4.76. The molecule has 0 fully saturated rings. The van der Waals surface area contributed by atoms with E-state index in [-0.39, 0.29) is 27.9 Å². The molecule has 0 bridgehead atoms. The second-order valence-electron chi connectivity index (χ2n) is 7.20. The molecule has 0 radical (unpaired) electrons. The third-order valence-corrected chi connectivity index (χ3v) is 4.80. The zero-order valence-electron chi connectivity index (χ0n) is 17.8. The summed E-state index contributed by atoms with van der Waals surface area (Å²) in [7, 11) is 0. The van der Waals surface area contributed by atoms with Gasteiger partial charge in [-0.3, -0.25) is 14.2 Å². The van der Waals surface area contributed by atoms with Crippen molar-refractivity contribution in [3.63, 3.8) is 0 Å². The van der Waals surface area contributed by atoms with Gasteiger partial charge < -0.3 is 10.6 Å². The molecule has 0 saturated heterocycles. The van der Waals surface area contributed by atoms with Gasteiger partial charge in [-0.05, 0) is 31.9 Å². The topological polar surface area (TPSA) is 88.9 Å². The number of pyridine rings is 1. The van der Waals surface area contributed by atoms with Crippen LogP contribution in [0.4, 0.5) is 11.5 Å². The third-order valence-electron chi connectivity index (χ3n) is 4.51. The van der Waals surface area contributed by atoms with Gasteiger partial charge in [0.1, 0.15) is 28.7 Å². The van der Waals surface area contributed by atoms with Crippen LogP contribution < -0.4 is 16.2 Å². The number of amides is 1. The molecule has 7 nitrogen and oxygen atoms in total. The van der Waals surface area contributed by atoms with E-state index in [9.17, 15) is 9.59 Å². The minimum atomic E-state index is -0.740. The van der Waals surface area contributed by atoms with Crippen LogP contribution in [0.25, 0.3) is 0 Å². The monoisotopic (exact) mass is 419 g/mol. The zero-order valence-corrected chi connectivity index (χ0v) is 18.6. The molecule has 158 valence electrons. The molecule has 0 aromatic carbocycles. The SMILES string of the molecule is CCC.CCCC1(CCC)NC(=O)c2c(Cl)cc(Nc3ccnc(C)n3)c(=O)n21. The highest BCUT2D eigenvalue weighted by molar-refractivity contribution is 6.34. The predicted molar refractivity (Wildman–Crippen MR) is 117 cm³/mol. The smallest absolute Gasteiger partial charge is 0.276 e. The van der Waals surface area contributed by atoms with Gasteiger partial charge in [-0.25, -0.2) is 9.97 Å². The number of hydrogen-bond acceptors (Lipinski definition) is 5. The lowest BCUT2D eigenvalue weighted by Gasteiger charge is -2.31. The van der Waals surface area contributed by atoms with Crippen molar-refractivity contribution < 1.29 is 4.79 Å². The highest BCUT2D eigenvalue weighted by atomic mass is 35.5. The average Bonchev–Trinajstić information content (AvgIpc) is 2.93. The number of fused-ring (bicyclic) bond motifs is 1. The van der Waals surface area contributed by atoms with Gasteiger partial charge in [0.25, 0.3) is 11.5 Å². The maximum atomic E-state index is 13.2. The summed E-state index contributed by atoms with van der Waals surface area (Å²) in [6.45, 7) is 10.1. The Morgan fingerprint density at radius 2 is 1.79 bits per heavy atom. The number of rotatable bonds is 6. The van der Waals surface area contributed by atoms with Crippen molar-refractivity contribution >= 4 is 29.0 Å². The molecule has 8 heteroatoms. The van der Waals surface area contributed by atoms with Crippen LogP contribution in [0.15, 0.2) is 23.1 Å². The molecule has 1 aliphatic heterocycles. The Morgan fingerprint density at radius 3 is 2.34 bits per heavy atom. The summed E-state index contributed by atoms with van der Waals surface area (Å²) in [5.41, 5.74) is -0.524. The molecule has 2 aromatic heterocycles. The van der Waals surface area contributed by atoms with Crippen molar-refractivity contribution in [3.8, 4) is 0 Å². The van der Waals surface area contributed by atoms with E-state index in [1.807, 2.05) is 13.8 Å². The van der Waals surface area contributed by atoms with Crippen molar-refractivity contribution in [2.75, 3.05) is 5.32 Å². The van der Waals surface area contributed by atoms with Crippen molar-refractivity contribution in [3.05, 3.63) is 45.2 Å². The van der Waals surface area contributed by atoms with Crippen LogP contribution >= 0.6 is 11.6 Å². The third kappa shape index (κ3) is 4.78. The molecule has 2 N–H and O–H groups in total. The van der Waals surface area contributed by atoms with Gasteiger partial charge in [-0.2, -0.15) is 0 Å². The standard InChI is InChI=1S/C18H22ClN5O2.C3H8/c1-4-7-18(8-5-2)23-16(25)15-12(19)10-13(17(26)24(15)18)22-14-6-9-20-11(3)21-14;1-3-2/h6,9-10H,4-5,7-8H2,1-3H3,(H,23,25)(H,20,21,22);3H2,1-2H3. The quantitative estimate of drug-likeness (QED) is 0.704. The fourth-order valence-corrected chi connectivity index (χ4v) is 3.86. The summed E-state index contributed by atoms with van der Waals surface area (Å²) < 4.78 is 1.53. The lowest BCUT2D eigenvalue weighted by molar-refractivity contribution is 0.0900. The van der Waals surface area contributed by atoms with Crippen molar-refractivity contribution in [2.24, 2.45) is 0 Å². The minimum absolute atomic E-state index is 0.225. The number of aromatic nitrogens is 3. The Hall–Kier alpha value is -2.41. The van der Waals surface area contributed by atoms with Crippen molar-refractivity contribution in [1.29, 1.82) is 0 Å². The van der Waals surface area contributed by atoms with Crippen LogP contribution in [-0.4, -0.2) is 20.4 Å². The van der Waals surface area contributed by atoms with E-state index in [0.29, 0.717) is 24.5 Å². The average molecular weight is 420 g/mol. The first-order chi connectivity index (χ1) is 13.8. The van der Waals surface area contributed by atoms with E-state index in [2.05, 4.69) is 34.4 Å². The Labute approximate surface area is 176 Å². The van der Waals surface area contributed by atoms with E-state index >= 15 is 0 Å². The van der Waals surface area contributed by atoms with Gasteiger partial charge in [-0.15, -0.1) is 0 Å². The Morgan fingerprint density at radius 1 is 1.17 bits per heavy atom. The van der Waals surface area contributed by atoms with E-state index in [1.54, 1.807) is 19.2 Å². The van der Waals surface area contributed by atoms with E-state index < -0.39 is 5.66 Å². The molecule has 0 aliphatic carbocycles.